The molecule has 2 aromatic rings. The summed E-state index contributed by atoms with van der Waals surface area (Å²) in [4.78, 5) is 0. The van der Waals surface area contributed by atoms with Crippen molar-refractivity contribution in [3.63, 3.8) is 0 Å². The van der Waals surface area contributed by atoms with Gasteiger partial charge in [0.05, 0.1) is 27.7 Å². The maximum atomic E-state index is 6.46. The van der Waals surface area contributed by atoms with E-state index in [1.54, 1.807) is 0 Å². The second-order valence-electron chi connectivity index (χ2n) is 6.87. The van der Waals surface area contributed by atoms with Gasteiger partial charge in [0.2, 0.25) is 5.79 Å². The first-order chi connectivity index (χ1) is 10.5. The lowest BCUT2D eigenvalue weighted by Crippen LogP contribution is -3.00. The van der Waals surface area contributed by atoms with Crippen LogP contribution in [0.4, 0.5) is 0 Å². The van der Waals surface area contributed by atoms with Gasteiger partial charge in [-0.15, -0.1) is 0 Å². The Labute approximate surface area is 155 Å². The standard InChI is InChI=1S/C19H24NO2.HI/c1-20(2,3)14-18-15-21-19(22-18,16-10-6-4-7-11-16)17-12-8-5-9-13-17;/h4-13,18H,14-15H2,1-3H3;1H/q+1;/p-1. The van der Waals surface area contributed by atoms with Crippen LogP contribution in [0.5, 0.6) is 0 Å². The summed E-state index contributed by atoms with van der Waals surface area (Å²) >= 11 is 0. The fourth-order valence-corrected chi connectivity index (χ4v) is 3.00. The molecule has 0 spiro atoms. The van der Waals surface area contributed by atoms with Gasteiger partial charge in [0.15, 0.2) is 0 Å². The minimum atomic E-state index is -0.789. The molecule has 1 heterocycles. The van der Waals surface area contributed by atoms with Gasteiger partial charge < -0.3 is 37.9 Å². The lowest BCUT2D eigenvalue weighted by atomic mass is 9.97. The Morgan fingerprint density at radius 1 is 0.913 bits per heavy atom. The molecule has 1 unspecified atom stereocenters. The summed E-state index contributed by atoms with van der Waals surface area (Å²) in [6, 6.07) is 20.4. The fourth-order valence-electron chi connectivity index (χ4n) is 3.00. The SMILES string of the molecule is C[N+](C)(C)CC1COC(c2ccccc2)(c2ccccc2)O1.[I-]. The number of halogens is 1. The second kappa shape index (κ2) is 7.30. The highest BCUT2D eigenvalue weighted by molar-refractivity contribution is 5.34. The van der Waals surface area contributed by atoms with Crippen LogP contribution in [-0.2, 0) is 15.3 Å². The smallest absolute Gasteiger partial charge is 0.222 e. The topological polar surface area (TPSA) is 18.5 Å². The molecule has 124 valence electrons. The molecule has 1 aliphatic rings. The molecule has 0 amide bonds. The molecule has 0 aromatic heterocycles. The Morgan fingerprint density at radius 2 is 1.39 bits per heavy atom. The van der Waals surface area contributed by atoms with Gasteiger partial charge in [-0.05, 0) is 0 Å². The zero-order valence-electron chi connectivity index (χ0n) is 13.9. The van der Waals surface area contributed by atoms with Gasteiger partial charge in [-0.1, -0.05) is 60.7 Å². The van der Waals surface area contributed by atoms with E-state index >= 15 is 0 Å². The zero-order chi connectivity index (χ0) is 15.6. The van der Waals surface area contributed by atoms with Crippen LogP contribution in [0, 0.1) is 0 Å². The van der Waals surface area contributed by atoms with Crippen molar-refractivity contribution in [1.82, 2.24) is 0 Å². The van der Waals surface area contributed by atoms with E-state index < -0.39 is 5.79 Å². The highest BCUT2D eigenvalue weighted by atomic mass is 127. The Balaban J connectivity index is 0.00000192. The van der Waals surface area contributed by atoms with E-state index in [2.05, 4.69) is 45.4 Å². The van der Waals surface area contributed by atoms with Crippen LogP contribution in [0.25, 0.3) is 0 Å². The fraction of sp³-hybridized carbons (Fsp3) is 0.368. The van der Waals surface area contributed by atoms with Crippen molar-refractivity contribution in [2.45, 2.75) is 11.9 Å². The van der Waals surface area contributed by atoms with Crippen LogP contribution in [0.15, 0.2) is 60.7 Å². The molecule has 1 saturated heterocycles. The van der Waals surface area contributed by atoms with Crippen molar-refractivity contribution < 1.29 is 37.9 Å². The molecular formula is C19H24INO2. The monoisotopic (exact) mass is 425 g/mol. The Bertz CT molecular complexity index is 571. The predicted molar refractivity (Wildman–Crippen MR) is 87.4 cm³/mol. The number of rotatable bonds is 4. The summed E-state index contributed by atoms with van der Waals surface area (Å²) in [5, 5.41) is 0. The van der Waals surface area contributed by atoms with Crippen LogP contribution >= 0.6 is 0 Å². The summed E-state index contributed by atoms with van der Waals surface area (Å²) in [7, 11) is 6.52. The number of quaternary nitrogens is 1. The first kappa shape index (κ1) is 18.4. The molecule has 2 aromatic carbocycles. The highest BCUT2D eigenvalue weighted by Crippen LogP contribution is 2.40. The number of likely N-dealkylation sites (N-methyl/N-ethyl adjacent to an activating group) is 1. The van der Waals surface area contributed by atoms with Gasteiger partial charge in [0.1, 0.15) is 12.6 Å². The summed E-state index contributed by atoms with van der Waals surface area (Å²) in [6.07, 6.45) is 0.0837. The molecule has 3 nitrogen and oxygen atoms in total. The molecule has 0 radical (unpaired) electrons. The first-order valence-electron chi connectivity index (χ1n) is 7.73. The van der Waals surface area contributed by atoms with E-state index in [4.69, 9.17) is 9.47 Å². The summed E-state index contributed by atoms with van der Waals surface area (Å²) < 4.78 is 13.6. The van der Waals surface area contributed by atoms with Crippen molar-refractivity contribution in [2.24, 2.45) is 0 Å². The van der Waals surface area contributed by atoms with E-state index in [-0.39, 0.29) is 30.1 Å². The lowest BCUT2D eigenvalue weighted by molar-refractivity contribution is -0.873. The zero-order valence-corrected chi connectivity index (χ0v) is 16.1. The van der Waals surface area contributed by atoms with Crippen LogP contribution in [-0.4, -0.2) is 44.9 Å². The molecule has 4 heteroatoms. The van der Waals surface area contributed by atoms with Crippen LogP contribution < -0.4 is 24.0 Å². The van der Waals surface area contributed by atoms with Gasteiger partial charge in [0, 0.05) is 11.1 Å². The van der Waals surface area contributed by atoms with Crippen LogP contribution in [0.3, 0.4) is 0 Å². The molecule has 23 heavy (non-hydrogen) atoms. The van der Waals surface area contributed by atoms with Gasteiger partial charge >= 0.3 is 0 Å². The predicted octanol–water partition coefficient (Wildman–Crippen LogP) is 0.0133. The lowest BCUT2D eigenvalue weighted by Gasteiger charge is -2.31. The average Bonchev–Trinajstić information content (AvgIpc) is 2.92. The largest absolute Gasteiger partial charge is 1.00 e. The number of nitrogens with zero attached hydrogens (tertiary/aromatic N) is 1. The van der Waals surface area contributed by atoms with E-state index in [0.717, 1.165) is 22.2 Å². The molecule has 1 aliphatic heterocycles. The molecule has 0 saturated carbocycles. The van der Waals surface area contributed by atoms with Crippen LogP contribution in [0.2, 0.25) is 0 Å². The van der Waals surface area contributed by atoms with Gasteiger partial charge in [-0.3, -0.25) is 0 Å². The third kappa shape index (κ3) is 4.12. The normalized spacial score (nSPS) is 20.0. The number of hydrogen-bond donors (Lipinski definition) is 0. The molecular weight excluding hydrogens is 401 g/mol. The maximum absolute atomic E-state index is 6.46. The molecule has 1 fully saturated rings. The highest BCUT2D eigenvalue weighted by Gasteiger charge is 2.46. The molecule has 3 rings (SSSR count). The minimum Gasteiger partial charge on any atom is -1.00 e. The Kier molecular flexibility index (Phi) is 5.84. The summed E-state index contributed by atoms with van der Waals surface area (Å²) in [5.74, 6) is -0.789. The van der Waals surface area contributed by atoms with Crippen molar-refractivity contribution in [1.29, 1.82) is 0 Å². The van der Waals surface area contributed by atoms with E-state index in [0.29, 0.717) is 6.61 Å². The minimum absolute atomic E-state index is 0. The average molecular weight is 425 g/mol. The summed E-state index contributed by atoms with van der Waals surface area (Å²) in [5.41, 5.74) is 2.09. The third-order valence-electron chi connectivity index (χ3n) is 3.86. The van der Waals surface area contributed by atoms with Crippen LogP contribution in [0.1, 0.15) is 11.1 Å². The van der Waals surface area contributed by atoms with Gasteiger partial charge in [-0.25, -0.2) is 0 Å². The molecule has 1 atom stereocenters. The second-order valence-corrected chi connectivity index (χ2v) is 6.87. The quantitative estimate of drug-likeness (QED) is 0.508. The van der Waals surface area contributed by atoms with E-state index in [9.17, 15) is 0 Å². The number of ether oxygens (including phenoxy) is 2. The van der Waals surface area contributed by atoms with E-state index in [1.165, 1.54) is 0 Å². The van der Waals surface area contributed by atoms with Gasteiger partial charge in [0.25, 0.3) is 0 Å². The molecule has 0 aliphatic carbocycles. The Hall–Kier alpha value is -0.950. The first-order valence-corrected chi connectivity index (χ1v) is 7.73. The summed E-state index contributed by atoms with van der Waals surface area (Å²) in [6.45, 7) is 1.53. The third-order valence-corrected chi connectivity index (χ3v) is 3.86. The van der Waals surface area contributed by atoms with Gasteiger partial charge in [-0.2, -0.15) is 0 Å². The van der Waals surface area contributed by atoms with Crippen molar-refractivity contribution in [2.75, 3.05) is 34.3 Å². The molecule has 0 N–H and O–H groups in total. The van der Waals surface area contributed by atoms with Crippen molar-refractivity contribution in [3.05, 3.63) is 71.8 Å². The number of benzene rings is 2. The number of hydrogen-bond acceptors (Lipinski definition) is 2. The Morgan fingerprint density at radius 3 is 1.83 bits per heavy atom. The van der Waals surface area contributed by atoms with Crippen molar-refractivity contribution >= 4 is 0 Å². The maximum Gasteiger partial charge on any atom is 0.222 e. The molecule has 0 bridgehead atoms. The van der Waals surface area contributed by atoms with Crippen molar-refractivity contribution in [3.8, 4) is 0 Å². The van der Waals surface area contributed by atoms with E-state index in [1.807, 2.05) is 36.4 Å².